The van der Waals surface area contributed by atoms with E-state index in [0.29, 0.717) is 10.9 Å². The van der Waals surface area contributed by atoms with Gasteiger partial charge in [0.15, 0.2) is 0 Å². The molecule has 0 atom stereocenters. The van der Waals surface area contributed by atoms with Crippen LogP contribution in [0.5, 0.6) is 0 Å². The molecule has 6 heteroatoms. The van der Waals surface area contributed by atoms with Crippen LogP contribution in [-0.2, 0) is 9.84 Å². The van der Waals surface area contributed by atoms with Gasteiger partial charge in [0.2, 0.25) is 15.0 Å². The zero-order valence-corrected chi connectivity index (χ0v) is 8.71. The van der Waals surface area contributed by atoms with Crippen molar-refractivity contribution < 1.29 is 8.42 Å². The smallest absolute Gasteiger partial charge is 0.259 e. The molecule has 0 radical (unpaired) electrons. The SMILES string of the molecule is CS(=O)(=O)c1nc2ccccc2c(=O)[nH]1. The van der Waals surface area contributed by atoms with Gasteiger partial charge in [0, 0.05) is 6.26 Å². The van der Waals surface area contributed by atoms with E-state index >= 15 is 0 Å². The lowest BCUT2D eigenvalue weighted by atomic mass is 10.2. The summed E-state index contributed by atoms with van der Waals surface area (Å²) in [5, 5.41) is 0.0797. The molecule has 1 aromatic heterocycles. The van der Waals surface area contributed by atoms with Crippen molar-refractivity contribution >= 4 is 20.7 Å². The maximum Gasteiger partial charge on any atom is 0.259 e. The summed E-state index contributed by atoms with van der Waals surface area (Å²) in [6, 6.07) is 6.58. The second kappa shape index (κ2) is 3.16. The molecule has 0 fully saturated rings. The van der Waals surface area contributed by atoms with Crippen LogP contribution < -0.4 is 5.56 Å². The Bertz CT molecular complexity index is 673. The van der Waals surface area contributed by atoms with Crippen LogP contribution in [0, 0.1) is 0 Å². The number of aromatic amines is 1. The summed E-state index contributed by atoms with van der Waals surface area (Å²) in [6.45, 7) is 0. The standard InChI is InChI=1S/C9H8N2O3S/c1-15(13,14)9-10-7-5-3-2-4-6(7)8(12)11-9/h2-5H,1H3,(H,10,11,12). The number of hydrogen-bond donors (Lipinski definition) is 1. The molecule has 1 N–H and O–H groups in total. The van der Waals surface area contributed by atoms with E-state index in [0.717, 1.165) is 6.26 Å². The first-order valence-electron chi connectivity index (χ1n) is 4.17. The van der Waals surface area contributed by atoms with Crippen molar-refractivity contribution in [2.24, 2.45) is 0 Å². The number of aromatic nitrogens is 2. The van der Waals surface area contributed by atoms with Gasteiger partial charge in [-0.2, -0.15) is 0 Å². The fraction of sp³-hybridized carbons (Fsp3) is 0.111. The summed E-state index contributed by atoms with van der Waals surface area (Å²) in [4.78, 5) is 17.6. The molecule has 0 aliphatic carbocycles. The first-order chi connectivity index (χ1) is 6.98. The van der Waals surface area contributed by atoms with E-state index in [9.17, 15) is 13.2 Å². The van der Waals surface area contributed by atoms with Crippen molar-refractivity contribution in [1.29, 1.82) is 0 Å². The highest BCUT2D eigenvalue weighted by Crippen LogP contribution is 2.07. The van der Waals surface area contributed by atoms with Gasteiger partial charge in [0.05, 0.1) is 10.9 Å². The molecule has 0 saturated heterocycles. The van der Waals surface area contributed by atoms with E-state index in [4.69, 9.17) is 0 Å². The van der Waals surface area contributed by atoms with E-state index in [2.05, 4.69) is 9.97 Å². The second-order valence-corrected chi connectivity index (χ2v) is 5.09. The van der Waals surface area contributed by atoms with Crippen LogP contribution in [0.2, 0.25) is 0 Å². The van der Waals surface area contributed by atoms with Gasteiger partial charge in [-0.15, -0.1) is 0 Å². The molecule has 0 amide bonds. The molecular formula is C9H8N2O3S. The minimum atomic E-state index is -3.48. The number of para-hydroxylation sites is 1. The average molecular weight is 224 g/mol. The number of nitrogens with zero attached hydrogens (tertiary/aromatic N) is 1. The maximum absolute atomic E-state index is 11.5. The minimum absolute atomic E-state index is 0.300. The first-order valence-corrected chi connectivity index (χ1v) is 6.07. The van der Waals surface area contributed by atoms with E-state index in [1.807, 2.05) is 0 Å². The number of hydrogen-bond acceptors (Lipinski definition) is 4. The summed E-state index contributed by atoms with van der Waals surface area (Å²) >= 11 is 0. The molecule has 0 spiro atoms. The van der Waals surface area contributed by atoms with Crippen LogP contribution in [0.25, 0.3) is 10.9 Å². The molecule has 0 aliphatic rings. The van der Waals surface area contributed by atoms with Crippen molar-refractivity contribution in [2.75, 3.05) is 6.26 Å². The van der Waals surface area contributed by atoms with Crippen LogP contribution in [-0.4, -0.2) is 24.6 Å². The number of rotatable bonds is 1. The molecule has 1 heterocycles. The predicted molar refractivity (Wildman–Crippen MR) is 55.5 cm³/mol. The lowest BCUT2D eigenvalue weighted by molar-refractivity contribution is 0.593. The van der Waals surface area contributed by atoms with E-state index in [1.54, 1.807) is 24.3 Å². The average Bonchev–Trinajstić information content (AvgIpc) is 2.16. The topological polar surface area (TPSA) is 79.9 Å². The third kappa shape index (κ3) is 1.75. The Hall–Kier alpha value is -1.69. The Labute approximate surface area is 85.7 Å². The van der Waals surface area contributed by atoms with Crippen LogP contribution >= 0.6 is 0 Å². The lowest BCUT2D eigenvalue weighted by Gasteiger charge is -1.99. The number of fused-ring (bicyclic) bond motifs is 1. The highest BCUT2D eigenvalue weighted by Gasteiger charge is 2.11. The zero-order valence-electron chi connectivity index (χ0n) is 7.89. The van der Waals surface area contributed by atoms with E-state index in [-0.39, 0.29) is 5.16 Å². The van der Waals surface area contributed by atoms with Crippen LogP contribution in [0.15, 0.2) is 34.2 Å². The minimum Gasteiger partial charge on any atom is -0.297 e. The molecule has 1 aromatic carbocycles. The Morgan fingerprint density at radius 1 is 1.27 bits per heavy atom. The highest BCUT2D eigenvalue weighted by atomic mass is 32.2. The quantitative estimate of drug-likeness (QED) is 0.708. The van der Waals surface area contributed by atoms with Crippen molar-refractivity contribution in [3.8, 4) is 0 Å². The fourth-order valence-corrected chi connectivity index (χ4v) is 1.78. The van der Waals surface area contributed by atoms with Gasteiger partial charge >= 0.3 is 0 Å². The van der Waals surface area contributed by atoms with Crippen LogP contribution in [0.4, 0.5) is 0 Å². The zero-order chi connectivity index (χ0) is 11.1. The number of H-pyrrole nitrogens is 1. The van der Waals surface area contributed by atoms with Gasteiger partial charge in [-0.1, -0.05) is 12.1 Å². The third-order valence-electron chi connectivity index (χ3n) is 1.94. The largest absolute Gasteiger partial charge is 0.297 e. The van der Waals surface area contributed by atoms with E-state index < -0.39 is 15.4 Å². The Morgan fingerprint density at radius 3 is 2.60 bits per heavy atom. The van der Waals surface area contributed by atoms with Crippen LogP contribution in [0.1, 0.15) is 0 Å². The Balaban J connectivity index is 2.91. The number of nitrogens with one attached hydrogen (secondary N) is 1. The van der Waals surface area contributed by atoms with Crippen molar-refractivity contribution in [1.82, 2.24) is 9.97 Å². The highest BCUT2D eigenvalue weighted by molar-refractivity contribution is 7.90. The fourth-order valence-electron chi connectivity index (χ4n) is 1.24. The molecule has 0 bridgehead atoms. The first kappa shape index (κ1) is 9.85. The lowest BCUT2D eigenvalue weighted by Crippen LogP contribution is -2.14. The van der Waals surface area contributed by atoms with Gasteiger partial charge in [0.1, 0.15) is 0 Å². The monoisotopic (exact) mass is 224 g/mol. The Morgan fingerprint density at radius 2 is 1.93 bits per heavy atom. The van der Waals surface area contributed by atoms with Gasteiger partial charge in [0.25, 0.3) is 5.56 Å². The predicted octanol–water partition coefficient (Wildman–Crippen LogP) is 0.327. The van der Waals surface area contributed by atoms with Gasteiger partial charge < -0.3 is 0 Å². The summed E-state index contributed by atoms with van der Waals surface area (Å²) in [5.41, 5.74) is -0.0669. The van der Waals surface area contributed by atoms with Gasteiger partial charge in [-0.25, -0.2) is 13.4 Å². The molecule has 2 rings (SSSR count). The molecule has 2 aromatic rings. The molecular weight excluding hydrogens is 216 g/mol. The number of sulfone groups is 1. The maximum atomic E-state index is 11.5. The van der Waals surface area contributed by atoms with Crippen molar-refractivity contribution in [2.45, 2.75) is 5.16 Å². The van der Waals surface area contributed by atoms with Gasteiger partial charge in [-0.3, -0.25) is 9.78 Å². The van der Waals surface area contributed by atoms with Crippen LogP contribution in [0.3, 0.4) is 0 Å². The molecule has 0 aliphatic heterocycles. The van der Waals surface area contributed by atoms with Crippen molar-refractivity contribution in [3.63, 3.8) is 0 Å². The van der Waals surface area contributed by atoms with E-state index in [1.165, 1.54) is 0 Å². The molecule has 0 saturated carbocycles. The molecule has 5 nitrogen and oxygen atoms in total. The summed E-state index contributed by atoms with van der Waals surface area (Å²) in [5.74, 6) is 0. The number of benzene rings is 1. The molecule has 0 unspecified atom stereocenters. The third-order valence-corrected chi connectivity index (χ3v) is 2.84. The van der Waals surface area contributed by atoms with Crippen molar-refractivity contribution in [3.05, 3.63) is 34.6 Å². The molecule has 15 heavy (non-hydrogen) atoms. The van der Waals surface area contributed by atoms with Gasteiger partial charge in [-0.05, 0) is 12.1 Å². The molecule has 78 valence electrons. The Kier molecular flexibility index (Phi) is 2.08. The summed E-state index contributed by atoms with van der Waals surface area (Å²) in [7, 11) is -3.48. The summed E-state index contributed by atoms with van der Waals surface area (Å²) in [6.07, 6.45) is 1.00. The second-order valence-electron chi connectivity index (χ2n) is 3.16. The normalized spacial score (nSPS) is 11.8. The summed E-state index contributed by atoms with van der Waals surface area (Å²) < 4.78 is 22.4.